The molecule has 0 saturated heterocycles. The first kappa shape index (κ1) is 25.1. The quantitative estimate of drug-likeness (QED) is 0.292. The summed E-state index contributed by atoms with van der Waals surface area (Å²) in [7, 11) is 0. The monoisotopic (exact) mass is 499 g/mol. The van der Waals surface area contributed by atoms with Crippen LogP contribution in [0.5, 0.6) is 11.5 Å². The minimum atomic E-state index is -0.409. The number of nitrogens with one attached hydrogen (secondary N) is 2. The maximum Gasteiger partial charge on any atom is 0.271 e. The van der Waals surface area contributed by atoms with Gasteiger partial charge in [0.2, 0.25) is 5.91 Å². The van der Waals surface area contributed by atoms with Gasteiger partial charge in [-0.05, 0) is 61.0 Å². The molecule has 0 heterocycles. The molecular weight excluding hydrogens is 477 g/mol. The van der Waals surface area contributed by atoms with Crippen LogP contribution in [0.4, 0.5) is 5.69 Å². The minimum absolute atomic E-state index is 0.218. The summed E-state index contributed by atoms with van der Waals surface area (Å²) in [5.74, 6) is 0.451. The van der Waals surface area contributed by atoms with Crippen LogP contribution in [0.1, 0.15) is 35.3 Å². The highest BCUT2D eigenvalue weighted by atomic mass is 35.5. The number of carbonyl (C=O) groups is 2. The molecule has 2 amide bonds. The third-order valence-corrected chi connectivity index (χ3v) is 5.08. The number of benzene rings is 3. The van der Waals surface area contributed by atoms with Crippen molar-refractivity contribution < 1.29 is 19.1 Å². The van der Waals surface area contributed by atoms with Gasteiger partial charge in [0.15, 0.2) is 11.5 Å². The molecule has 7 nitrogen and oxygen atoms in total. The Hall–Kier alpha value is -3.55. The Labute approximate surface area is 207 Å². The fourth-order valence-corrected chi connectivity index (χ4v) is 3.42. The van der Waals surface area contributed by atoms with Gasteiger partial charge in [-0.15, -0.1) is 0 Å². The molecule has 176 valence electrons. The van der Waals surface area contributed by atoms with Crippen molar-refractivity contribution in [2.75, 3.05) is 11.9 Å². The standard InChI is InChI=1S/C25H23Cl2N3O4/c1-3-33-24-11-17(7-10-23(24)34-15-19-8-9-20(26)13-22(19)27)14-28-30-25(32)18-5-4-6-21(12-18)29-16(2)31/h4-14H,3,15H2,1-2H3,(H,29,31)(H,30,32)/b28-14-. The average molecular weight is 500 g/mol. The van der Waals surface area contributed by atoms with Crippen molar-refractivity contribution in [2.24, 2.45) is 5.10 Å². The number of carbonyl (C=O) groups excluding carboxylic acids is 2. The zero-order chi connectivity index (χ0) is 24.5. The average Bonchev–Trinajstić information content (AvgIpc) is 2.79. The number of halogens is 2. The Morgan fingerprint density at radius 1 is 1.00 bits per heavy atom. The number of hydrogen-bond acceptors (Lipinski definition) is 5. The molecule has 0 atom stereocenters. The van der Waals surface area contributed by atoms with Crippen molar-refractivity contribution in [3.8, 4) is 11.5 Å². The number of anilines is 1. The SMILES string of the molecule is CCOc1cc(/C=N\NC(=O)c2cccc(NC(C)=O)c2)ccc1OCc1ccc(Cl)cc1Cl. The predicted molar refractivity (Wildman–Crippen MR) is 134 cm³/mol. The normalized spacial score (nSPS) is 10.7. The molecule has 9 heteroatoms. The molecule has 34 heavy (non-hydrogen) atoms. The van der Waals surface area contributed by atoms with E-state index in [1.807, 2.05) is 6.92 Å². The molecule has 0 spiro atoms. The molecule has 0 saturated carbocycles. The van der Waals surface area contributed by atoms with Gasteiger partial charge in [0, 0.05) is 33.8 Å². The van der Waals surface area contributed by atoms with Crippen LogP contribution >= 0.6 is 23.2 Å². The fraction of sp³-hybridized carbons (Fsp3) is 0.160. The first-order valence-electron chi connectivity index (χ1n) is 10.4. The smallest absolute Gasteiger partial charge is 0.271 e. The maximum absolute atomic E-state index is 12.4. The Morgan fingerprint density at radius 3 is 2.56 bits per heavy atom. The van der Waals surface area contributed by atoms with Crippen LogP contribution in [0, 0.1) is 0 Å². The highest BCUT2D eigenvalue weighted by Gasteiger charge is 2.09. The molecule has 0 unspecified atom stereocenters. The number of ether oxygens (including phenoxy) is 2. The minimum Gasteiger partial charge on any atom is -0.490 e. The van der Waals surface area contributed by atoms with E-state index in [-0.39, 0.29) is 12.5 Å². The van der Waals surface area contributed by atoms with E-state index in [0.29, 0.717) is 45.0 Å². The number of rotatable bonds is 9. The molecule has 0 aliphatic heterocycles. The van der Waals surface area contributed by atoms with Crippen LogP contribution in [0.3, 0.4) is 0 Å². The fourth-order valence-electron chi connectivity index (χ4n) is 2.96. The first-order valence-corrected chi connectivity index (χ1v) is 11.2. The van der Waals surface area contributed by atoms with Gasteiger partial charge in [0.05, 0.1) is 12.8 Å². The summed E-state index contributed by atoms with van der Waals surface area (Å²) in [6.45, 7) is 3.96. The van der Waals surface area contributed by atoms with Crippen LogP contribution in [0.25, 0.3) is 0 Å². The van der Waals surface area contributed by atoms with E-state index >= 15 is 0 Å². The summed E-state index contributed by atoms with van der Waals surface area (Å²) in [6, 6.07) is 17.1. The zero-order valence-electron chi connectivity index (χ0n) is 18.6. The van der Waals surface area contributed by atoms with E-state index in [1.54, 1.807) is 60.7 Å². The van der Waals surface area contributed by atoms with Gasteiger partial charge < -0.3 is 14.8 Å². The molecule has 3 aromatic carbocycles. The predicted octanol–water partition coefficient (Wildman–Crippen LogP) is 5.69. The summed E-state index contributed by atoms with van der Waals surface area (Å²) >= 11 is 12.2. The Balaban J connectivity index is 1.66. The zero-order valence-corrected chi connectivity index (χ0v) is 20.1. The van der Waals surface area contributed by atoms with Crippen molar-refractivity contribution in [1.82, 2.24) is 5.43 Å². The van der Waals surface area contributed by atoms with Crippen LogP contribution in [-0.4, -0.2) is 24.6 Å². The largest absolute Gasteiger partial charge is 0.490 e. The van der Waals surface area contributed by atoms with Crippen LogP contribution in [-0.2, 0) is 11.4 Å². The lowest BCUT2D eigenvalue weighted by Crippen LogP contribution is -2.18. The molecule has 0 bridgehead atoms. The van der Waals surface area contributed by atoms with Crippen molar-refractivity contribution in [1.29, 1.82) is 0 Å². The Kier molecular flexibility index (Phi) is 8.90. The molecule has 0 aliphatic rings. The lowest BCUT2D eigenvalue weighted by molar-refractivity contribution is -0.114. The highest BCUT2D eigenvalue weighted by Crippen LogP contribution is 2.30. The second kappa shape index (κ2) is 12.1. The lowest BCUT2D eigenvalue weighted by Gasteiger charge is -2.13. The lowest BCUT2D eigenvalue weighted by atomic mass is 10.2. The molecule has 2 N–H and O–H groups in total. The third kappa shape index (κ3) is 7.23. The second-order valence-electron chi connectivity index (χ2n) is 7.12. The molecule has 0 aliphatic carbocycles. The Bertz CT molecular complexity index is 1210. The van der Waals surface area contributed by atoms with Crippen molar-refractivity contribution in [3.63, 3.8) is 0 Å². The molecule has 0 fully saturated rings. The van der Waals surface area contributed by atoms with E-state index in [9.17, 15) is 9.59 Å². The summed E-state index contributed by atoms with van der Waals surface area (Å²) in [4.78, 5) is 23.6. The van der Waals surface area contributed by atoms with E-state index in [2.05, 4.69) is 15.8 Å². The van der Waals surface area contributed by atoms with Gasteiger partial charge in [0.25, 0.3) is 5.91 Å². The van der Waals surface area contributed by atoms with E-state index in [1.165, 1.54) is 13.1 Å². The molecule has 3 aromatic rings. The maximum atomic E-state index is 12.4. The van der Waals surface area contributed by atoms with Gasteiger partial charge in [-0.25, -0.2) is 5.43 Å². The van der Waals surface area contributed by atoms with E-state index in [4.69, 9.17) is 32.7 Å². The first-order chi connectivity index (χ1) is 16.4. The van der Waals surface area contributed by atoms with E-state index in [0.717, 1.165) is 5.56 Å². The van der Waals surface area contributed by atoms with Crippen LogP contribution < -0.4 is 20.2 Å². The van der Waals surface area contributed by atoms with Crippen molar-refractivity contribution in [3.05, 3.63) is 87.4 Å². The topological polar surface area (TPSA) is 89.0 Å². The number of hydrazone groups is 1. The molecule has 0 radical (unpaired) electrons. The summed E-state index contributed by atoms with van der Waals surface area (Å²) in [6.07, 6.45) is 1.50. The molecular formula is C25H23Cl2N3O4. The van der Waals surface area contributed by atoms with Crippen molar-refractivity contribution in [2.45, 2.75) is 20.5 Å². The van der Waals surface area contributed by atoms with Gasteiger partial charge in [-0.3, -0.25) is 9.59 Å². The summed E-state index contributed by atoms with van der Waals surface area (Å²) < 4.78 is 11.6. The third-order valence-electron chi connectivity index (χ3n) is 4.49. The van der Waals surface area contributed by atoms with Crippen LogP contribution in [0.2, 0.25) is 10.0 Å². The Morgan fingerprint density at radius 2 is 1.82 bits per heavy atom. The summed E-state index contributed by atoms with van der Waals surface area (Å²) in [5.41, 5.74) is 4.86. The van der Waals surface area contributed by atoms with E-state index < -0.39 is 5.91 Å². The van der Waals surface area contributed by atoms with Gasteiger partial charge in [-0.2, -0.15) is 5.10 Å². The highest BCUT2D eigenvalue weighted by molar-refractivity contribution is 6.35. The van der Waals surface area contributed by atoms with Gasteiger partial charge in [-0.1, -0.05) is 35.3 Å². The second-order valence-corrected chi connectivity index (χ2v) is 7.97. The van der Waals surface area contributed by atoms with Gasteiger partial charge in [0.1, 0.15) is 6.61 Å². The van der Waals surface area contributed by atoms with Crippen molar-refractivity contribution >= 4 is 46.9 Å². The molecule has 3 rings (SSSR count). The number of hydrogen-bond donors (Lipinski definition) is 2. The molecule has 0 aromatic heterocycles. The number of nitrogens with zero attached hydrogens (tertiary/aromatic N) is 1. The summed E-state index contributed by atoms with van der Waals surface area (Å²) in [5, 5.41) is 7.73. The van der Waals surface area contributed by atoms with Gasteiger partial charge >= 0.3 is 0 Å². The van der Waals surface area contributed by atoms with Crippen LogP contribution in [0.15, 0.2) is 65.8 Å². The number of amides is 2.